The molecule has 0 saturated heterocycles. The van der Waals surface area contributed by atoms with Gasteiger partial charge in [0.1, 0.15) is 12.2 Å². The number of aldehydes is 1. The van der Waals surface area contributed by atoms with Crippen molar-refractivity contribution in [2.45, 2.75) is 0 Å². The number of hydrogen-bond acceptors (Lipinski definition) is 4. The van der Waals surface area contributed by atoms with Crippen molar-refractivity contribution in [3.05, 3.63) is 29.6 Å². The van der Waals surface area contributed by atoms with Gasteiger partial charge in [0.25, 0.3) is 0 Å². The third-order valence-electron chi connectivity index (χ3n) is 2.05. The Morgan fingerprint density at radius 2 is 1.92 bits per heavy atom. The zero-order valence-corrected chi connectivity index (χ0v) is 6.56. The summed E-state index contributed by atoms with van der Waals surface area (Å²) in [4.78, 5) is 36.9. The molecule has 13 heavy (non-hydrogen) atoms. The van der Waals surface area contributed by atoms with Gasteiger partial charge < -0.3 is 4.79 Å². The standard InChI is InChI=1S/C9H5NO3/c11-4-7-8(12)5-1-2-10-3-6(5)9(7)13/h1-4,7H. The van der Waals surface area contributed by atoms with Crippen LogP contribution in [0.5, 0.6) is 0 Å². The van der Waals surface area contributed by atoms with E-state index < -0.39 is 17.5 Å². The molecule has 0 N–H and O–H groups in total. The molecule has 0 radical (unpaired) electrons. The molecule has 1 unspecified atom stereocenters. The van der Waals surface area contributed by atoms with Crippen molar-refractivity contribution in [3.63, 3.8) is 0 Å². The van der Waals surface area contributed by atoms with Gasteiger partial charge in [-0.3, -0.25) is 14.6 Å². The molecular weight excluding hydrogens is 170 g/mol. The second kappa shape index (κ2) is 2.58. The molecule has 0 fully saturated rings. The van der Waals surface area contributed by atoms with Gasteiger partial charge >= 0.3 is 0 Å². The van der Waals surface area contributed by atoms with Gasteiger partial charge in [-0.25, -0.2) is 0 Å². The normalized spacial score (nSPS) is 20.2. The lowest BCUT2D eigenvalue weighted by molar-refractivity contribution is -0.108. The fraction of sp³-hybridized carbons (Fsp3) is 0.111. The fourth-order valence-electron chi connectivity index (χ4n) is 1.38. The van der Waals surface area contributed by atoms with Gasteiger partial charge in [0.2, 0.25) is 0 Å². The molecule has 0 aromatic carbocycles. The second-order valence-electron chi connectivity index (χ2n) is 2.76. The zero-order valence-electron chi connectivity index (χ0n) is 6.56. The van der Waals surface area contributed by atoms with Crippen LogP contribution in [-0.2, 0) is 4.79 Å². The number of nitrogens with zero attached hydrogens (tertiary/aromatic N) is 1. The molecule has 0 amide bonds. The average molecular weight is 175 g/mol. The summed E-state index contributed by atoms with van der Waals surface area (Å²) in [5.41, 5.74) is 0.557. The molecule has 4 heteroatoms. The molecule has 0 bridgehead atoms. The molecule has 1 aliphatic rings. The van der Waals surface area contributed by atoms with Crippen LogP contribution in [0.25, 0.3) is 0 Å². The van der Waals surface area contributed by atoms with Crippen molar-refractivity contribution >= 4 is 17.9 Å². The summed E-state index contributed by atoms with van der Waals surface area (Å²) < 4.78 is 0. The third-order valence-corrected chi connectivity index (χ3v) is 2.05. The van der Waals surface area contributed by atoms with Gasteiger partial charge in [-0.05, 0) is 6.07 Å². The van der Waals surface area contributed by atoms with Crippen LogP contribution in [0.2, 0.25) is 0 Å². The summed E-state index contributed by atoms with van der Waals surface area (Å²) in [5.74, 6) is -2.00. The number of carbonyl (C=O) groups excluding carboxylic acids is 3. The van der Waals surface area contributed by atoms with Crippen LogP contribution < -0.4 is 0 Å². The highest BCUT2D eigenvalue weighted by Gasteiger charge is 2.38. The number of ketones is 2. The second-order valence-corrected chi connectivity index (χ2v) is 2.76. The fourth-order valence-corrected chi connectivity index (χ4v) is 1.38. The first-order valence-corrected chi connectivity index (χ1v) is 3.73. The minimum absolute atomic E-state index is 0.254. The predicted octanol–water partition coefficient (Wildman–Crippen LogP) is 0.276. The Hall–Kier alpha value is -1.84. The minimum atomic E-state index is -1.14. The maximum atomic E-state index is 11.4. The quantitative estimate of drug-likeness (QED) is 0.454. The van der Waals surface area contributed by atoms with Crippen molar-refractivity contribution in [3.8, 4) is 0 Å². The molecule has 1 aliphatic carbocycles. The van der Waals surface area contributed by atoms with E-state index in [0.717, 1.165) is 0 Å². The minimum Gasteiger partial charge on any atom is -0.302 e. The van der Waals surface area contributed by atoms with Gasteiger partial charge in [0.05, 0.1) is 0 Å². The predicted molar refractivity (Wildman–Crippen MR) is 42.5 cm³/mol. The van der Waals surface area contributed by atoms with Crippen LogP contribution in [0.1, 0.15) is 20.7 Å². The van der Waals surface area contributed by atoms with Gasteiger partial charge in [0, 0.05) is 23.5 Å². The Morgan fingerprint density at radius 3 is 2.54 bits per heavy atom. The number of fused-ring (bicyclic) bond motifs is 1. The lowest BCUT2D eigenvalue weighted by Gasteiger charge is -1.91. The van der Waals surface area contributed by atoms with Crippen LogP contribution >= 0.6 is 0 Å². The van der Waals surface area contributed by atoms with Crippen LogP contribution in [0.4, 0.5) is 0 Å². The van der Waals surface area contributed by atoms with Crippen molar-refractivity contribution < 1.29 is 14.4 Å². The molecule has 1 aromatic heterocycles. The molecule has 0 aliphatic heterocycles. The van der Waals surface area contributed by atoms with Crippen molar-refractivity contribution in [1.82, 2.24) is 4.98 Å². The first kappa shape index (κ1) is 7.79. The van der Waals surface area contributed by atoms with Gasteiger partial charge in [-0.2, -0.15) is 0 Å². The van der Waals surface area contributed by atoms with Crippen LogP contribution in [0.3, 0.4) is 0 Å². The van der Waals surface area contributed by atoms with Crippen LogP contribution in [0, 0.1) is 5.92 Å². The maximum absolute atomic E-state index is 11.4. The number of pyridine rings is 1. The molecule has 0 saturated carbocycles. The first-order chi connectivity index (χ1) is 6.25. The number of Topliss-reactive ketones (excluding diaryl/α,β-unsaturated/α-hetero) is 2. The molecule has 1 atom stereocenters. The van der Waals surface area contributed by atoms with E-state index in [1.54, 1.807) is 0 Å². The third kappa shape index (κ3) is 0.917. The summed E-state index contributed by atoms with van der Waals surface area (Å²) in [6.07, 6.45) is 3.13. The van der Waals surface area contributed by atoms with Crippen LogP contribution in [-0.4, -0.2) is 22.8 Å². The highest BCUT2D eigenvalue weighted by Crippen LogP contribution is 2.24. The van der Waals surface area contributed by atoms with Crippen LogP contribution in [0.15, 0.2) is 18.5 Å². The molecule has 4 nitrogen and oxygen atoms in total. The Balaban J connectivity index is 2.63. The number of hydrogen-bond donors (Lipinski definition) is 0. The highest BCUT2D eigenvalue weighted by molar-refractivity contribution is 6.32. The summed E-state index contributed by atoms with van der Waals surface area (Å²) in [5, 5.41) is 0. The van der Waals surface area contributed by atoms with Gasteiger partial charge in [0.15, 0.2) is 11.6 Å². The summed E-state index contributed by atoms with van der Waals surface area (Å²) >= 11 is 0. The van der Waals surface area contributed by atoms with Crippen molar-refractivity contribution in [2.75, 3.05) is 0 Å². The SMILES string of the molecule is O=CC1C(=O)c2ccncc2C1=O. The van der Waals surface area contributed by atoms with E-state index in [4.69, 9.17) is 0 Å². The monoisotopic (exact) mass is 175 g/mol. The van der Waals surface area contributed by atoms with E-state index >= 15 is 0 Å². The Labute approximate surface area is 73.6 Å². The molecule has 2 rings (SSSR count). The van der Waals surface area contributed by atoms with E-state index in [9.17, 15) is 14.4 Å². The average Bonchev–Trinajstić information content (AvgIpc) is 2.41. The topological polar surface area (TPSA) is 64.1 Å². The Bertz CT molecular complexity index is 376. The smallest absolute Gasteiger partial charge is 0.183 e. The molecule has 1 heterocycles. The van der Waals surface area contributed by atoms with E-state index in [1.807, 2.05) is 0 Å². The highest BCUT2D eigenvalue weighted by atomic mass is 16.2. The van der Waals surface area contributed by atoms with E-state index in [-0.39, 0.29) is 5.56 Å². The molecule has 64 valence electrons. The molecule has 1 aromatic rings. The number of rotatable bonds is 1. The number of aromatic nitrogens is 1. The maximum Gasteiger partial charge on any atom is 0.183 e. The van der Waals surface area contributed by atoms with Crippen molar-refractivity contribution in [1.29, 1.82) is 0 Å². The summed E-state index contributed by atoms with van der Waals surface area (Å²) in [7, 11) is 0. The lowest BCUT2D eigenvalue weighted by Crippen LogP contribution is -2.15. The summed E-state index contributed by atoms with van der Waals surface area (Å²) in [6.45, 7) is 0. The van der Waals surface area contributed by atoms with E-state index in [0.29, 0.717) is 11.8 Å². The largest absolute Gasteiger partial charge is 0.302 e. The first-order valence-electron chi connectivity index (χ1n) is 3.73. The van der Waals surface area contributed by atoms with E-state index in [1.165, 1.54) is 18.5 Å². The summed E-state index contributed by atoms with van der Waals surface area (Å²) in [6, 6.07) is 1.46. The van der Waals surface area contributed by atoms with E-state index in [2.05, 4.69) is 4.98 Å². The molecular formula is C9H5NO3. The van der Waals surface area contributed by atoms with Crippen molar-refractivity contribution in [2.24, 2.45) is 5.92 Å². The van der Waals surface area contributed by atoms with Gasteiger partial charge in [-0.15, -0.1) is 0 Å². The number of carbonyl (C=O) groups is 3. The molecule has 0 spiro atoms. The Kier molecular flexibility index (Phi) is 1.55. The zero-order chi connectivity index (χ0) is 9.42. The Morgan fingerprint density at radius 1 is 1.23 bits per heavy atom. The lowest BCUT2D eigenvalue weighted by atomic mass is 10.1. The van der Waals surface area contributed by atoms with Gasteiger partial charge in [-0.1, -0.05) is 0 Å².